The number of carbonyl (C=O) groups excluding carboxylic acids is 1. The van der Waals surface area contributed by atoms with Crippen molar-refractivity contribution in [2.24, 2.45) is 23.2 Å². The van der Waals surface area contributed by atoms with Crippen molar-refractivity contribution in [3.8, 4) is 0 Å². The Balaban J connectivity index is 2.32. The van der Waals surface area contributed by atoms with E-state index in [1.54, 1.807) is 0 Å². The van der Waals surface area contributed by atoms with Gasteiger partial charge in [0.2, 0.25) is 0 Å². The Bertz CT molecular complexity index is 501. The Hall–Kier alpha value is -0.873. The van der Waals surface area contributed by atoms with Crippen molar-refractivity contribution in [3.05, 3.63) is 25.3 Å². The number of carbonyl (C=O) groups is 1. The van der Waals surface area contributed by atoms with E-state index < -0.39 is 8.32 Å². The van der Waals surface area contributed by atoms with Gasteiger partial charge in [0.05, 0.1) is 12.0 Å². The van der Waals surface area contributed by atoms with Crippen LogP contribution < -0.4 is 0 Å². The first-order chi connectivity index (χ1) is 11.8. The normalized spacial score (nSPS) is 32.1. The Kier molecular flexibility index (Phi) is 6.37. The highest BCUT2D eigenvalue weighted by Gasteiger charge is 2.60. The molecule has 3 nitrogen and oxygen atoms in total. The van der Waals surface area contributed by atoms with E-state index in [9.17, 15) is 4.79 Å². The van der Waals surface area contributed by atoms with Crippen LogP contribution in [-0.2, 0) is 14.0 Å². The molecule has 4 heteroatoms. The zero-order valence-corrected chi connectivity index (χ0v) is 17.7. The van der Waals surface area contributed by atoms with Crippen molar-refractivity contribution in [1.29, 1.82) is 0 Å². The average molecular weight is 365 g/mol. The van der Waals surface area contributed by atoms with Gasteiger partial charge in [-0.05, 0) is 36.9 Å². The summed E-state index contributed by atoms with van der Waals surface area (Å²) in [4.78, 5) is 12.4. The molecular weight excluding hydrogens is 328 g/mol. The van der Waals surface area contributed by atoms with Crippen LogP contribution in [0.4, 0.5) is 0 Å². The second-order valence-corrected chi connectivity index (χ2v) is 13.2. The molecule has 1 aliphatic heterocycles. The molecule has 0 aromatic heterocycles. The topological polar surface area (TPSA) is 35.5 Å². The van der Waals surface area contributed by atoms with Crippen LogP contribution in [0.3, 0.4) is 0 Å². The van der Waals surface area contributed by atoms with E-state index in [4.69, 9.17) is 9.16 Å². The van der Waals surface area contributed by atoms with Gasteiger partial charge in [0.1, 0.15) is 6.10 Å². The summed E-state index contributed by atoms with van der Waals surface area (Å²) in [5, 5.41) is 0. The average Bonchev–Trinajstić information content (AvgIpc) is 3.05. The van der Waals surface area contributed by atoms with Crippen LogP contribution in [-0.4, -0.2) is 26.5 Å². The molecule has 2 fully saturated rings. The van der Waals surface area contributed by atoms with Gasteiger partial charge < -0.3 is 9.16 Å². The summed E-state index contributed by atoms with van der Waals surface area (Å²) in [6.07, 6.45) is 5.55. The molecule has 1 saturated heterocycles. The van der Waals surface area contributed by atoms with Crippen molar-refractivity contribution in [2.75, 3.05) is 0 Å². The molecule has 0 radical (unpaired) electrons. The summed E-state index contributed by atoms with van der Waals surface area (Å²) >= 11 is 0. The van der Waals surface area contributed by atoms with Crippen molar-refractivity contribution >= 4 is 14.3 Å². The van der Waals surface area contributed by atoms with Crippen molar-refractivity contribution < 1.29 is 14.0 Å². The third-order valence-electron chi connectivity index (χ3n) is 6.78. The number of fused-ring (bicyclic) bond motifs is 1. The van der Waals surface area contributed by atoms with Gasteiger partial charge >= 0.3 is 5.97 Å². The second-order valence-electron chi connectivity index (χ2n) is 8.48. The number of hydrogen-bond donors (Lipinski definition) is 0. The van der Waals surface area contributed by atoms with Crippen LogP contribution in [0.1, 0.15) is 47.5 Å². The molecule has 1 aliphatic carbocycles. The minimum Gasteiger partial charge on any atom is -0.461 e. The SMILES string of the molecule is C=CC[C@@H]1C(=O)O[C@@H]2[C@H]1[C@H]([C@@H](C=C)O[Si](CC)(CC)CC)CC2(C)C. The van der Waals surface area contributed by atoms with Gasteiger partial charge in [-0.2, -0.15) is 0 Å². The lowest BCUT2D eigenvalue weighted by atomic mass is 9.80. The Morgan fingerprint density at radius 3 is 2.36 bits per heavy atom. The smallest absolute Gasteiger partial charge is 0.309 e. The van der Waals surface area contributed by atoms with Crippen LogP contribution in [0, 0.1) is 23.2 Å². The van der Waals surface area contributed by atoms with E-state index >= 15 is 0 Å². The molecule has 1 saturated carbocycles. The molecule has 0 unspecified atom stereocenters. The van der Waals surface area contributed by atoms with E-state index in [1.165, 1.54) is 0 Å². The quantitative estimate of drug-likeness (QED) is 0.314. The van der Waals surface area contributed by atoms with Crippen molar-refractivity contribution in [1.82, 2.24) is 0 Å². The molecule has 5 atom stereocenters. The Labute approximate surface area is 155 Å². The molecule has 25 heavy (non-hydrogen) atoms. The Morgan fingerprint density at radius 1 is 1.28 bits per heavy atom. The molecule has 0 spiro atoms. The van der Waals surface area contributed by atoms with Gasteiger partial charge in [0.15, 0.2) is 8.32 Å². The molecule has 0 bridgehead atoms. The number of esters is 1. The van der Waals surface area contributed by atoms with Gasteiger partial charge in [0, 0.05) is 11.3 Å². The maximum absolute atomic E-state index is 12.4. The zero-order chi connectivity index (χ0) is 18.8. The highest BCUT2D eigenvalue weighted by atomic mass is 28.4. The van der Waals surface area contributed by atoms with Crippen molar-refractivity contribution in [2.45, 2.75) is 77.8 Å². The molecular formula is C21H36O3Si. The fraction of sp³-hybridized carbons (Fsp3) is 0.762. The third-order valence-corrected chi connectivity index (χ3v) is 11.4. The lowest BCUT2D eigenvalue weighted by molar-refractivity contribution is -0.147. The number of allylic oxidation sites excluding steroid dienone is 1. The fourth-order valence-electron chi connectivity index (χ4n) is 5.09. The highest BCUT2D eigenvalue weighted by molar-refractivity contribution is 6.73. The molecule has 0 amide bonds. The van der Waals surface area contributed by atoms with Crippen LogP contribution in [0.5, 0.6) is 0 Å². The number of rotatable bonds is 9. The monoisotopic (exact) mass is 364 g/mol. The third kappa shape index (κ3) is 3.66. The number of ether oxygens (including phenoxy) is 1. The van der Waals surface area contributed by atoms with E-state index in [1.807, 2.05) is 12.2 Å². The molecule has 142 valence electrons. The molecule has 2 aliphatic rings. The lowest BCUT2D eigenvalue weighted by Crippen LogP contribution is -2.43. The molecule has 1 heterocycles. The lowest BCUT2D eigenvalue weighted by Gasteiger charge is -2.36. The van der Waals surface area contributed by atoms with Crippen LogP contribution in [0.15, 0.2) is 25.3 Å². The summed E-state index contributed by atoms with van der Waals surface area (Å²) in [5.41, 5.74) is -0.0135. The summed E-state index contributed by atoms with van der Waals surface area (Å²) in [7, 11) is -1.73. The van der Waals surface area contributed by atoms with Gasteiger partial charge in [-0.15, -0.1) is 13.2 Å². The predicted molar refractivity (Wildman–Crippen MR) is 106 cm³/mol. The standard InChI is InChI=1S/C21H36O3Si/c1-8-13-15-18-16(14-21(6,7)19(18)23-20(15)22)17(9-2)24-25(10-3,11-4)12-5/h8-9,15-19H,1-2,10-14H2,3-7H3/t15-,16-,17+,18+,19+/m0/s1. The first-order valence-corrected chi connectivity index (χ1v) is 12.4. The van der Waals surface area contributed by atoms with E-state index in [0.29, 0.717) is 12.3 Å². The summed E-state index contributed by atoms with van der Waals surface area (Å²) in [6, 6.07) is 3.38. The minimum atomic E-state index is -1.73. The van der Waals surface area contributed by atoms with Gasteiger partial charge in [0.25, 0.3) is 0 Å². The van der Waals surface area contributed by atoms with E-state index in [0.717, 1.165) is 24.6 Å². The number of hydrogen-bond acceptors (Lipinski definition) is 3. The minimum absolute atomic E-state index is 0.0121. The summed E-state index contributed by atoms with van der Waals surface area (Å²) in [5.74, 6) is 0.368. The van der Waals surface area contributed by atoms with Gasteiger partial charge in [-0.1, -0.05) is 46.8 Å². The highest BCUT2D eigenvalue weighted by Crippen LogP contribution is 2.56. The maximum Gasteiger partial charge on any atom is 0.309 e. The largest absolute Gasteiger partial charge is 0.461 e. The van der Waals surface area contributed by atoms with Crippen LogP contribution in [0.25, 0.3) is 0 Å². The van der Waals surface area contributed by atoms with Gasteiger partial charge in [-0.25, -0.2) is 0 Å². The van der Waals surface area contributed by atoms with E-state index in [-0.39, 0.29) is 35.4 Å². The second kappa shape index (κ2) is 7.79. The molecule has 2 rings (SSSR count). The molecule has 0 N–H and O–H groups in total. The Morgan fingerprint density at radius 2 is 1.88 bits per heavy atom. The molecule has 0 aromatic carbocycles. The summed E-state index contributed by atoms with van der Waals surface area (Å²) < 4.78 is 12.6. The summed E-state index contributed by atoms with van der Waals surface area (Å²) in [6.45, 7) is 19.1. The zero-order valence-electron chi connectivity index (χ0n) is 16.7. The fourth-order valence-corrected chi connectivity index (χ4v) is 7.94. The maximum atomic E-state index is 12.4. The van der Waals surface area contributed by atoms with Gasteiger partial charge in [-0.3, -0.25) is 4.79 Å². The predicted octanol–water partition coefficient (Wildman–Crippen LogP) is 5.34. The van der Waals surface area contributed by atoms with E-state index in [2.05, 4.69) is 47.8 Å². The first kappa shape index (κ1) is 20.4. The van der Waals surface area contributed by atoms with Crippen molar-refractivity contribution in [3.63, 3.8) is 0 Å². The molecule has 0 aromatic rings. The van der Waals surface area contributed by atoms with Crippen LogP contribution in [0.2, 0.25) is 18.1 Å². The van der Waals surface area contributed by atoms with Crippen LogP contribution >= 0.6 is 0 Å². The first-order valence-electron chi connectivity index (χ1n) is 9.90.